The summed E-state index contributed by atoms with van der Waals surface area (Å²) in [6, 6.07) is 14.0. The fourth-order valence-corrected chi connectivity index (χ4v) is 4.43. The topological polar surface area (TPSA) is 108 Å². The minimum atomic E-state index is -1.27. The molecule has 1 fully saturated rings. The Balaban J connectivity index is 1.48. The minimum Gasteiger partial charge on any atom is -0.495 e. The molecule has 2 heterocycles. The van der Waals surface area contributed by atoms with Crippen LogP contribution >= 0.6 is 15.9 Å². The summed E-state index contributed by atoms with van der Waals surface area (Å²) < 4.78 is 25.6. The molecule has 5 rings (SSSR count). The van der Waals surface area contributed by atoms with Crippen molar-refractivity contribution in [3.05, 3.63) is 77.3 Å². The van der Waals surface area contributed by atoms with Crippen LogP contribution in [0.4, 0.5) is 15.8 Å². The lowest BCUT2D eigenvalue weighted by molar-refractivity contribution is -0.133. The molecule has 4 aromatic rings. The highest BCUT2D eigenvalue weighted by molar-refractivity contribution is 9.10. The lowest BCUT2D eigenvalue weighted by Crippen LogP contribution is -2.41. The molecule has 0 radical (unpaired) electrons. The summed E-state index contributed by atoms with van der Waals surface area (Å²) in [7, 11) is 1.58. The maximum absolute atomic E-state index is 13.5. The summed E-state index contributed by atoms with van der Waals surface area (Å²) in [6.45, 7) is 0. The van der Waals surface area contributed by atoms with Crippen LogP contribution in [0.2, 0.25) is 0 Å². The van der Waals surface area contributed by atoms with E-state index in [1.165, 1.54) is 35.4 Å². The van der Waals surface area contributed by atoms with Gasteiger partial charge in [0.2, 0.25) is 17.7 Å². The molecule has 0 saturated heterocycles. The Morgan fingerprint density at radius 3 is 2.36 bits per heavy atom. The van der Waals surface area contributed by atoms with Crippen LogP contribution in [0, 0.1) is 11.2 Å². The Morgan fingerprint density at radius 2 is 1.75 bits per heavy atom. The Bertz CT molecular complexity index is 1470. The van der Waals surface area contributed by atoms with Gasteiger partial charge in [0.05, 0.1) is 29.0 Å². The smallest absolute Gasteiger partial charge is 0.247 e. The number of carbonyl (C=O) groups is 2. The van der Waals surface area contributed by atoms with E-state index in [9.17, 15) is 14.0 Å². The van der Waals surface area contributed by atoms with Crippen LogP contribution in [0.5, 0.6) is 17.4 Å². The quantitative estimate of drug-likeness (QED) is 0.314. The van der Waals surface area contributed by atoms with Crippen LogP contribution in [-0.2, 0) is 9.59 Å². The Labute approximate surface area is 214 Å². The highest BCUT2D eigenvalue weighted by Gasteiger charge is 2.57. The molecular formula is C26H20BrFN4O4. The van der Waals surface area contributed by atoms with Gasteiger partial charge in [-0.05, 0) is 71.2 Å². The highest BCUT2D eigenvalue weighted by atomic mass is 79.9. The molecule has 0 bridgehead atoms. The number of hydrogen-bond donors (Lipinski definition) is 1. The number of primary amides is 1. The van der Waals surface area contributed by atoms with Crippen LogP contribution in [0.1, 0.15) is 12.8 Å². The lowest BCUT2D eigenvalue weighted by atomic mass is 10.0. The molecule has 0 atom stereocenters. The molecular weight excluding hydrogens is 531 g/mol. The van der Waals surface area contributed by atoms with E-state index in [0.717, 1.165) is 9.86 Å². The number of methoxy groups -OCH3 is 1. The average molecular weight is 551 g/mol. The predicted octanol–water partition coefficient (Wildman–Crippen LogP) is 5.26. The molecule has 0 spiro atoms. The number of nitrogens with two attached hydrogens (primary N) is 1. The standard InChI is InChI=1S/C26H20BrFN4O4/c1-35-22-13-20-18(12-19(22)27)21(8-11-30-20)36-23-7-6-17(14-31-23)32(16-4-2-15(28)3-5-16)25(34)26(9-10-26)24(29)33/h2-8,11-14H,9-10H2,1H3,(H2,29,33). The van der Waals surface area contributed by atoms with Crippen molar-refractivity contribution in [3.63, 3.8) is 0 Å². The average Bonchev–Trinajstić information content (AvgIpc) is 3.69. The zero-order valence-electron chi connectivity index (χ0n) is 19.1. The molecule has 8 nitrogen and oxygen atoms in total. The van der Waals surface area contributed by atoms with Gasteiger partial charge in [-0.3, -0.25) is 19.5 Å². The number of benzene rings is 2. The molecule has 10 heteroatoms. The second-order valence-corrected chi connectivity index (χ2v) is 9.19. The zero-order chi connectivity index (χ0) is 25.4. The van der Waals surface area contributed by atoms with Crippen molar-refractivity contribution in [2.45, 2.75) is 12.8 Å². The van der Waals surface area contributed by atoms with E-state index in [2.05, 4.69) is 25.9 Å². The zero-order valence-corrected chi connectivity index (χ0v) is 20.7. The normalized spacial score (nSPS) is 13.8. The van der Waals surface area contributed by atoms with Gasteiger partial charge < -0.3 is 15.2 Å². The third-order valence-electron chi connectivity index (χ3n) is 6.09. The Kier molecular flexibility index (Phi) is 6.05. The van der Waals surface area contributed by atoms with Crippen LogP contribution in [0.25, 0.3) is 10.9 Å². The number of amides is 2. The van der Waals surface area contributed by atoms with Crippen molar-refractivity contribution in [3.8, 4) is 17.4 Å². The second kappa shape index (κ2) is 9.19. The summed E-state index contributed by atoms with van der Waals surface area (Å²) >= 11 is 3.48. The van der Waals surface area contributed by atoms with E-state index >= 15 is 0 Å². The Hall–Kier alpha value is -4.05. The van der Waals surface area contributed by atoms with Crippen molar-refractivity contribution in [1.82, 2.24) is 9.97 Å². The highest BCUT2D eigenvalue weighted by Crippen LogP contribution is 2.49. The van der Waals surface area contributed by atoms with Crippen molar-refractivity contribution in [1.29, 1.82) is 0 Å². The molecule has 1 aliphatic rings. The van der Waals surface area contributed by atoms with Gasteiger partial charge >= 0.3 is 0 Å². The first-order valence-electron chi connectivity index (χ1n) is 11.0. The second-order valence-electron chi connectivity index (χ2n) is 8.33. The molecule has 0 unspecified atom stereocenters. The molecule has 0 aliphatic heterocycles. The number of ether oxygens (including phenoxy) is 2. The van der Waals surface area contributed by atoms with Gasteiger partial charge in [-0.2, -0.15) is 0 Å². The Morgan fingerprint density at radius 1 is 1.03 bits per heavy atom. The van der Waals surface area contributed by atoms with Gasteiger partial charge in [0.25, 0.3) is 0 Å². The van der Waals surface area contributed by atoms with Gasteiger partial charge in [-0.15, -0.1) is 0 Å². The van der Waals surface area contributed by atoms with Crippen molar-refractivity contribution >= 4 is 50.0 Å². The first-order valence-corrected chi connectivity index (χ1v) is 11.8. The number of hydrogen-bond acceptors (Lipinski definition) is 6. The largest absolute Gasteiger partial charge is 0.495 e. The molecule has 2 aromatic heterocycles. The number of aromatic nitrogens is 2. The van der Waals surface area contributed by atoms with Gasteiger partial charge in [-0.25, -0.2) is 9.37 Å². The third kappa shape index (κ3) is 4.24. The minimum absolute atomic E-state index is 0.278. The number of carbonyl (C=O) groups excluding carboxylic acids is 2. The van der Waals surface area contributed by atoms with Crippen molar-refractivity contribution in [2.24, 2.45) is 11.1 Å². The maximum atomic E-state index is 13.5. The summed E-state index contributed by atoms with van der Waals surface area (Å²) in [5.41, 5.74) is 5.73. The maximum Gasteiger partial charge on any atom is 0.247 e. The number of halogens is 2. The van der Waals surface area contributed by atoms with E-state index in [1.54, 1.807) is 37.6 Å². The molecule has 2 amide bonds. The van der Waals surface area contributed by atoms with Crippen molar-refractivity contribution in [2.75, 3.05) is 12.0 Å². The molecule has 36 heavy (non-hydrogen) atoms. The molecule has 1 aliphatic carbocycles. The van der Waals surface area contributed by atoms with Crippen LogP contribution in [0.3, 0.4) is 0 Å². The van der Waals surface area contributed by atoms with E-state index < -0.39 is 23.0 Å². The van der Waals surface area contributed by atoms with Crippen molar-refractivity contribution < 1.29 is 23.5 Å². The predicted molar refractivity (Wildman–Crippen MR) is 135 cm³/mol. The summed E-state index contributed by atoms with van der Waals surface area (Å²) in [4.78, 5) is 35.5. The molecule has 182 valence electrons. The molecule has 2 aromatic carbocycles. The first kappa shape index (κ1) is 23.7. The summed E-state index contributed by atoms with van der Waals surface area (Å²) in [6.07, 6.45) is 3.80. The number of pyridine rings is 2. The number of anilines is 2. The SMILES string of the molecule is COc1cc2nccc(Oc3ccc(N(C(=O)C4(C(N)=O)CC4)c4ccc(F)cc4)cn3)c2cc1Br. The number of fused-ring (bicyclic) bond motifs is 1. The summed E-state index contributed by atoms with van der Waals surface area (Å²) in [5, 5.41) is 0.747. The van der Waals surface area contributed by atoms with Gasteiger partial charge in [0.1, 0.15) is 22.7 Å². The van der Waals surface area contributed by atoms with E-state index in [1.807, 2.05) is 6.07 Å². The van der Waals surface area contributed by atoms with E-state index in [-0.39, 0.29) is 5.88 Å². The fourth-order valence-electron chi connectivity index (χ4n) is 3.92. The van der Waals surface area contributed by atoms with Gasteiger partial charge in [0, 0.05) is 29.4 Å². The van der Waals surface area contributed by atoms with Crippen LogP contribution in [-0.4, -0.2) is 28.9 Å². The summed E-state index contributed by atoms with van der Waals surface area (Å²) in [5.74, 6) is -0.153. The van der Waals surface area contributed by atoms with E-state index in [4.69, 9.17) is 15.2 Å². The van der Waals surface area contributed by atoms with Crippen LogP contribution in [0.15, 0.2) is 71.5 Å². The lowest BCUT2D eigenvalue weighted by Gasteiger charge is -2.26. The monoisotopic (exact) mass is 550 g/mol. The molecule has 1 saturated carbocycles. The number of rotatable bonds is 7. The van der Waals surface area contributed by atoms with Gasteiger partial charge in [-0.1, -0.05) is 0 Å². The number of nitrogens with zero attached hydrogens (tertiary/aromatic N) is 3. The van der Waals surface area contributed by atoms with Crippen LogP contribution < -0.4 is 20.1 Å². The first-order chi connectivity index (χ1) is 17.3. The van der Waals surface area contributed by atoms with E-state index in [0.29, 0.717) is 41.2 Å². The fraction of sp³-hybridized carbons (Fsp3) is 0.154. The molecule has 2 N–H and O–H groups in total. The third-order valence-corrected chi connectivity index (χ3v) is 6.71. The van der Waals surface area contributed by atoms with Gasteiger partial charge in [0.15, 0.2) is 0 Å².